The first-order valence-electron chi connectivity index (χ1n) is 11.3. The lowest BCUT2D eigenvalue weighted by Gasteiger charge is -2.26. The van der Waals surface area contributed by atoms with E-state index in [1.807, 2.05) is 48.5 Å². The number of carbonyl (C=O) groups excluding carboxylic acids is 2. The van der Waals surface area contributed by atoms with Crippen molar-refractivity contribution in [1.29, 1.82) is 0 Å². The molecule has 0 saturated carbocycles. The monoisotopic (exact) mass is 449 g/mol. The van der Waals surface area contributed by atoms with Crippen LogP contribution in [0.3, 0.4) is 0 Å². The van der Waals surface area contributed by atoms with Crippen molar-refractivity contribution in [2.75, 3.05) is 45.0 Å². The Hall–Kier alpha value is -2.98. The van der Waals surface area contributed by atoms with Crippen LogP contribution in [-0.2, 0) is 30.3 Å². The van der Waals surface area contributed by atoms with Gasteiger partial charge in [0.25, 0.3) is 0 Å². The van der Waals surface area contributed by atoms with Gasteiger partial charge in [-0.2, -0.15) is 0 Å². The molecule has 3 rings (SSSR count). The number of rotatable bonds is 13. The SMILES string of the molecule is COCCOCCOCCCC(=O)CCC(=O)N1Cc2ccccc2C#Cc2ccccc21. The molecule has 0 radical (unpaired) electrons. The van der Waals surface area contributed by atoms with Gasteiger partial charge in [0.2, 0.25) is 5.91 Å². The van der Waals surface area contributed by atoms with Crippen LogP contribution in [0.4, 0.5) is 5.69 Å². The van der Waals surface area contributed by atoms with Crippen LogP contribution in [0.1, 0.15) is 42.4 Å². The molecule has 0 spiro atoms. The summed E-state index contributed by atoms with van der Waals surface area (Å²) in [6.07, 6.45) is 1.45. The molecule has 1 aliphatic rings. The molecule has 1 aliphatic heterocycles. The molecule has 0 fully saturated rings. The zero-order valence-electron chi connectivity index (χ0n) is 19.2. The highest BCUT2D eigenvalue weighted by molar-refractivity contribution is 5.97. The Balaban J connectivity index is 1.47. The summed E-state index contributed by atoms with van der Waals surface area (Å²) in [5.41, 5.74) is 3.53. The van der Waals surface area contributed by atoms with Gasteiger partial charge in [0, 0.05) is 44.1 Å². The number of carbonyl (C=O) groups is 2. The Morgan fingerprint density at radius 2 is 1.48 bits per heavy atom. The molecule has 2 aromatic rings. The number of ether oxygens (including phenoxy) is 3. The Kier molecular flexibility index (Phi) is 10.1. The predicted molar refractivity (Wildman–Crippen MR) is 127 cm³/mol. The first-order chi connectivity index (χ1) is 16.2. The van der Waals surface area contributed by atoms with Gasteiger partial charge in [-0.15, -0.1) is 0 Å². The average Bonchev–Trinajstić information content (AvgIpc) is 2.83. The van der Waals surface area contributed by atoms with Crippen LogP contribution in [-0.4, -0.2) is 51.8 Å². The van der Waals surface area contributed by atoms with Crippen molar-refractivity contribution in [2.45, 2.75) is 32.2 Å². The molecule has 0 saturated heterocycles. The number of para-hydroxylation sites is 1. The second-order valence-electron chi connectivity index (χ2n) is 7.76. The summed E-state index contributed by atoms with van der Waals surface area (Å²) >= 11 is 0. The molecule has 174 valence electrons. The summed E-state index contributed by atoms with van der Waals surface area (Å²) in [5.74, 6) is 6.41. The molecule has 1 heterocycles. The largest absolute Gasteiger partial charge is 0.382 e. The topological polar surface area (TPSA) is 65.1 Å². The highest BCUT2D eigenvalue weighted by atomic mass is 16.5. The quantitative estimate of drug-likeness (QED) is 0.344. The maximum absolute atomic E-state index is 13.1. The van der Waals surface area contributed by atoms with E-state index in [4.69, 9.17) is 14.2 Å². The first kappa shape index (κ1) is 24.7. The second-order valence-corrected chi connectivity index (χ2v) is 7.76. The van der Waals surface area contributed by atoms with Crippen molar-refractivity contribution in [3.05, 3.63) is 65.2 Å². The van der Waals surface area contributed by atoms with Crippen molar-refractivity contribution in [1.82, 2.24) is 0 Å². The standard InChI is InChI=1S/C27H31NO5/c1-31-17-18-33-20-19-32-16-6-10-25(29)14-15-27(30)28-21-24-9-3-2-7-22(24)12-13-23-8-4-5-11-26(23)28/h2-5,7-9,11H,6,10,14-21H2,1H3. The van der Waals surface area contributed by atoms with E-state index in [9.17, 15) is 9.59 Å². The van der Waals surface area contributed by atoms with Gasteiger partial charge in [-0.3, -0.25) is 9.59 Å². The van der Waals surface area contributed by atoms with Crippen molar-refractivity contribution in [2.24, 2.45) is 0 Å². The Morgan fingerprint density at radius 1 is 0.818 bits per heavy atom. The van der Waals surface area contributed by atoms with Crippen molar-refractivity contribution >= 4 is 17.4 Å². The maximum Gasteiger partial charge on any atom is 0.227 e. The van der Waals surface area contributed by atoms with E-state index < -0.39 is 0 Å². The highest BCUT2D eigenvalue weighted by Crippen LogP contribution is 2.26. The molecule has 0 unspecified atom stereocenters. The van der Waals surface area contributed by atoms with Crippen molar-refractivity contribution in [3.63, 3.8) is 0 Å². The number of anilines is 1. The summed E-state index contributed by atoms with van der Waals surface area (Å²) in [4.78, 5) is 27.2. The number of methoxy groups -OCH3 is 1. The molecule has 0 atom stereocenters. The number of ketones is 1. The van der Waals surface area contributed by atoms with Gasteiger partial charge in [-0.25, -0.2) is 0 Å². The second kappa shape index (κ2) is 13.5. The highest BCUT2D eigenvalue weighted by Gasteiger charge is 2.21. The zero-order valence-corrected chi connectivity index (χ0v) is 19.2. The van der Waals surface area contributed by atoms with Gasteiger partial charge in [0.1, 0.15) is 5.78 Å². The number of amides is 1. The summed E-state index contributed by atoms with van der Waals surface area (Å²) in [6, 6.07) is 15.5. The van der Waals surface area contributed by atoms with Crippen molar-refractivity contribution < 1.29 is 23.8 Å². The summed E-state index contributed by atoms with van der Waals surface area (Å²) in [7, 11) is 1.63. The predicted octanol–water partition coefficient (Wildman–Crippen LogP) is 3.74. The lowest BCUT2D eigenvalue weighted by Crippen LogP contribution is -2.32. The molecular formula is C27H31NO5. The number of hydrogen-bond donors (Lipinski definition) is 0. The zero-order chi connectivity index (χ0) is 23.3. The van der Waals surface area contributed by atoms with Crippen LogP contribution in [0.25, 0.3) is 0 Å². The molecule has 0 bridgehead atoms. The summed E-state index contributed by atoms with van der Waals surface area (Å²) < 4.78 is 15.7. The van der Waals surface area contributed by atoms with E-state index in [0.29, 0.717) is 52.4 Å². The number of nitrogens with zero attached hydrogens (tertiary/aromatic N) is 1. The molecule has 6 heteroatoms. The Labute approximate surface area is 195 Å². The van der Waals surface area contributed by atoms with Gasteiger partial charge in [0.05, 0.1) is 38.7 Å². The molecule has 0 aliphatic carbocycles. The van der Waals surface area contributed by atoms with E-state index in [2.05, 4.69) is 11.8 Å². The molecule has 1 amide bonds. The molecule has 2 aromatic carbocycles. The Bertz CT molecular complexity index is 991. The van der Waals surface area contributed by atoms with Crippen LogP contribution in [0.5, 0.6) is 0 Å². The van der Waals surface area contributed by atoms with E-state index in [1.54, 1.807) is 12.0 Å². The fourth-order valence-electron chi connectivity index (χ4n) is 3.55. The first-order valence-corrected chi connectivity index (χ1v) is 11.3. The van der Waals surface area contributed by atoms with E-state index in [-0.39, 0.29) is 24.5 Å². The van der Waals surface area contributed by atoms with Crippen LogP contribution < -0.4 is 4.90 Å². The smallest absolute Gasteiger partial charge is 0.227 e. The van der Waals surface area contributed by atoms with Crippen molar-refractivity contribution in [3.8, 4) is 11.8 Å². The average molecular weight is 450 g/mol. The maximum atomic E-state index is 13.1. The van der Waals surface area contributed by atoms with Gasteiger partial charge < -0.3 is 19.1 Å². The minimum atomic E-state index is -0.0706. The number of Topliss-reactive ketones (excluding diaryl/α,β-unsaturated/α-hetero) is 1. The third-order valence-electron chi connectivity index (χ3n) is 5.34. The Morgan fingerprint density at radius 3 is 2.30 bits per heavy atom. The summed E-state index contributed by atoms with van der Waals surface area (Å²) in [5, 5.41) is 0. The fourth-order valence-corrected chi connectivity index (χ4v) is 3.55. The van der Waals surface area contributed by atoms with Gasteiger partial charge in [0.15, 0.2) is 0 Å². The van der Waals surface area contributed by atoms with E-state index in [0.717, 1.165) is 22.4 Å². The van der Waals surface area contributed by atoms with Crippen LogP contribution >= 0.6 is 0 Å². The third-order valence-corrected chi connectivity index (χ3v) is 5.34. The molecule has 6 nitrogen and oxygen atoms in total. The minimum absolute atomic E-state index is 0.0706. The number of benzene rings is 2. The molecule has 0 N–H and O–H groups in total. The summed E-state index contributed by atoms with van der Waals surface area (Å²) in [6.45, 7) is 3.06. The van der Waals surface area contributed by atoms with Crippen LogP contribution in [0.15, 0.2) is 48.5 Å². The minimum Gasteiger partial charge on any atom is -0.382 e. The number of hydrogen-bond acceptors (Lipinski definition) is 5. The number of fused-ring (bicyclic) bond motifs is 2. The van der Waals surface area contributed by atoms with E-state index >= 15 is 0 Å². The van der Waals surface area contributed by atoms with Gasteiger partial charge in [-0.1, -0.05) is 42.2 Å². The van der Waals surface area contributed by atoms with Gasteiger partial charge in [-0.05, 0) is 30.2 Å². The normalized spacial score (nSPS) is 12.1. The van der Waals surface area contributed by atoms with E-state index in [1.165, 1.54) is 0 Å². The van der Waals surface area contributed by atoms with Crippen LogP contribution in [0.2, 0.25) is 0 Å². The third kappa shape index (κ3) is 7.83. The molecule has 33 heavy (non-hydrogen) atoms. The molecule has 0 aromatic heterocycles. The van der Waals surface area contributed by atoms with Gasteiger partial charge >= 0.3 is 0 Å². The fraction of sp³-hybridized carbons (Fsp3) is 0.407. The molecular weight excluding hydrogens is 418 g/mol. The lowest BCUT2D eigenvalue weighted by molar-refractivity contribution is -0.124. The van der Waals surface area contributed by atoms with Crippen LogP contribution in [0, 0.1) is 11.8 Å². The lowest BCUT2D eigenvalue weighted by atomic mass is 10.0.